The number of rotatable bonds is 10. The maximum Gasteiger partial charge on any atom is 0.387 e. The average molecular weight is 366 g/mol. The molecule has 0 bridgehead atoms. The van der Waals surface area contributed by atoms with Gasteiger partial charge in [-0.1, -0.05) is 12.1 Å². The van der Waals surface area contributed by atoms with Crippen molar-refractivity contribution in [1.29, 1.82) is 0 Å². The summed E-state index contributed by atoms with van der Waals surface area (Å²) in [5, 5.41) is 0. The molecule has 0 fully saturated rings. The largest absolute Gasteiger partial charge is 0.494 e. The first-order valence-corrected chi connectivity index (χ1v) is 8.12. The lowest BCUT2D eigenvalue weighted by atomic mass is 10.2. The van der Waals surface area contributed by atoms with Crippen molar-refractivity contribution in [2.75, 3.05) is 13.2 Å². The zero-order chi connectivity index (χ0) is 18.8. The Morgan fingerprint density at radius 1 is 0.923 bits per heavy atom. The quantitative estimate of drug-likeness (QED) is 0.590. The second-order valence-corrected chi connectivity index (χ2v) is 5.19. The fraction of sp³-hybridized carbons (Fsp3) is 0.316. The number of carbonyl (C=O) groups excluding carboxylic acids is 1. The van der Waals surface area contributed by atoms with Crippen LogP contribution < -0.4 is 14.2 Å². The summed E-state index contributed by atoms with van der Waals surface area (Å²) in [6.45, 7) is -0.130. The van der Waals surface area contributed by atoms with Gasteiger partial charge in [-0.15, -0.1) is 0 Å². The molecule has 7 heteroatoms. The van der Waals surface area contributed by atoms with E-state index in [1.54, 1.807) is 36.4 Å². The Morgan fingerprint density at radius 2 is 1.50 bits per heavy atom. The number of benzene rings is 2. The minimum Gasteiger partial charge on any atom is -0.494 e. The standard InChI is InChI=1S/C19H20F2O5/c1-2-23-15-7-9-16(10-8-15)24-12-11-18(22)25-13-14-3-5-17(6-4-14)26-19(20)21/h3-10,19H,2,11-13H2,1H3. The van der Waals surface area contributed by atoms with Gasteiger partial charge in [0.15, 0.2) is 0 Å². The maximum absolute atomic E-state index is 12.1. The van der Waals surface area contributed by atoms with Crippen LogP contribution in [0.4, 0.5) is 8.78 Å². The third kappa shape index (κ3) is 6.96. The molecule has 26 heavy (non-hydrogen) atoms. The molecule has 0 unspecified atom stereocenters. The highest BCUT2D eigenvalue weighted by Crippen LogP contribution is 2.18. The number of halogens is 2. The molecule has 2 rings (SSSR count). The van der Waals surface area contributed by atoms with E-state index in [1.165, 1.54) is 12.1 Å². The van der Waals surface area contributed by atoms with E-state index in [0.29, 0.717) is 17.9 Å². The Kier molecular flexibility index (Phi) is 7.67. The summed E-state index contributed by atoms with van der Waals surface area (Å²) in [7, 11) is 0. The van der Waals surface area contributed by atoms with E-state index < -0.39 is 12.6 Å². The van der Waals surface area contributed by atoms with Crippen LogP contribution in [0.3, 0.4) is 0 Å². The van der Waals surface area contributed by atoms with Gasteiger partial charge in [0, 0.05) is 0 Å². The first-order chi connectivity index (χ1) is 12.6. The van der Waals surface area contributed by atoms with E-state index in [9.17, 15) is 13.6 Å². The van der Waals surface area contributed by atoms with Crippen LogP contribution in [0.1, 0.15) is 18.9 Å². The molecule has 0 aromatic heterocycles. The maximum atomic E-state index is 12.1. The Balaban J connectivity index is 1.67. The fourth-order valence-corrected chi connectivity index (χ4v) is 2.05. The van der Waals surface area contributed by atoms with Crippen LogP contribution in [-0.2, 0) is 16.1 Å². The van der Waals surface area contributed by atoms with Crippen molar-refractivity contribution in [2.24, 2.45) is 0 Å². The van der Waals surface area contributed by atoms with E-state index in [0.717, 1.165) is 5.75 Å². The molecular weight excluding hydrogens is 346 g/mol. The molecule has 0 radical (unpaired) electrons. The molecule has 0 spiro atoms. The zero-order valence-electron chi connectivity index (χ0n) is 14.3. The number of alkyl halides is 2. The van der Waals surface area contributed by atoms with Crippen molar-refractivity contribution >= 4 is 5.97 Å². The van der Waals surface area contributed by atoms with Crippen LogP contribution in [0.15, 0.2) is 48.5 Å². The highest BCUT2D eigenvalue weighted by molar-refractivity contribution is 5.69. The minimum absolute atomic E-state index is 0.0524. The molecule has 2 aromatic carbocycles. The Morgan fingerprint density at radius 3 is 2.08 bits per heavy atom. The van der Waals surface area contributed by atoms with Crippen LogP contribution in [0, 0.1) is 0 Å². The summed E-state index contributed by atoms with van der Waals surface area (Å²) >= 11 is 0. The van der Waals surface area contributed by atoms with Gasteiger partial charge in [0.2, 0.25) is 0 Å². The average Bonchev–Trinajstić information content (AvgIpc) is 2.62. The normalized spacial score (nSPS) is 10.5. The molecule has 0 saturated carbocycles. The van der Waals surface area contributed by atoms with E-state index in [4.69, 9.17) is 14.2 Å². The van der Waals surface area contributed by atoms with Crippen molar-refractivity contribution in [3.63, 3.8) is 0 Å². The number of hydrogen-bond donors (Lipinski definition) is 0. The minimum atomic E-state index is -2.87. The highest BCUT2D eigenvalue weighted by atomic mass is 19.3. The Bertz CT molecular complexity index is 671. The second-order valence-electron chi connectivity index (χ2n) is 5.19. The summed E-state index contributed by atoms with van der Waals surface area (Å²) in [4.78, 5) is 11.7. The molecule has 140 valence electrons. The van der Waals surface area contributed by atoms with Gasteiger partial charge in [-0.3, -0.25) is 4.79 Å². The van der Waals surface area contributed by atoms with E-state index in [-0.39, 0.29) is 25.4 Å². The smallest absolute Gasteiger partial charge is 0.387 e. The molecule has 0 atom stereocenters. The van der Waals surface area contributed by atoms with Crippen molar-refractivity contribution in [2.45, 2.75) is 26.6 Å². The van der Waals surface area contributed by atoms with Crippen LogP contribution >= 0.6 is 0 Å². The first kappa shape index (κ1) is 19.5. The summed E-state index contributed by atoms with van der Waals surface area (Å²) in [5.74, 6) is 1.03. The lowest BCUT2D eigenvalue weighted by molar-refractivity contribution is -0.145. The molecule has 0 aliphatic heterocycles. The molecule has 0 amide bonds. The Hall–Kier alpha value is -2.83. The van der Waals surface area contributed by atoms with Gasteiger partial charge in [0.25, 0.3) is 0 Å². The molecule has 5 nitrogen and oxygen atoms in total. The number of ether oxygens (including phenoxy) is 4. The van der Waals surface area contributed by atoms with Crippen molar-refractivity contribution in [3.05, 3.63) is 54.1 Å². The van der Waals surface area contributed by atoms with Gasteiger partial charge in [0.1, 0.15) is 23.9 Å². The Labute approximate surface area is 150 Å². The van der Waals surface area contributed by atoms with Crippen molar-refractivity contribution in [3.8, 4) is 17.2 Å². The molecular formula is C19H20F2O5. The predicted molar refractivity (Wildman–Crippen MR) is 90.6 cm³/mol. The monoisotopic (exact) mass is 366 g/mol. The lowest BCUT2D eigenvalue weighted by Crippen LogP contribution is -2.10. The molecule has 0 heterocycles. The van der Waals surface area contributed by atoms with Gasteiger partial charge in [0.05, 0.1) is 19.6 Å². The molecule has 0 aliphatic carbocycles. The van der Waals surface area contributed by atoms with Gasteiger partial charge in [-0.2, -0.15) is 8.78 Å². The van der Waals surface area contributed by atoms with Gasteiger partial charge in [-0.25, -0.2) is 0 Å². The highest BCUT2D eigenvalue weighted by Gasteiger charge is 2.06. The van der Waals surface area contributed by atoms with Gasteiger partial charge >= 0.3 is 12.6 Å². The van der Waals surface area contributed by atoms with Gasteiger partial charge in [-0.05, 0) is 48.9 Å². The third-order valence-electron chi connectivity index (χ3n) is 3.26. The zero-order valence-corrected chi connectivity index (χ0v) is 14.3. The summed E-state index contributed by atoms with van der Waals surface area (Å²) in [6.07, 6.45) is 0.0970. The van der Waals surface area contributed by atoms with Crippen molar-refractivity contribution < 1.29 is 32.5 Å². The first-order valence-electron chi connectivity index (χ1n) is 8.12. The van der Waals surface area contributed by atoms with E-state index in [1.807, 2.05) is 6.92 Å². The van der Waals surface area contributed by atoms with Crippen LogP contribution in [-0.4, -0.2) is 25.8 Å². The predicted octanol–water partition coefficient (Wildman–Crippen LogP) is 4.20. The molecule has 0 N–H and O–H groups in total. The summed E-state index contributed by atoms with van der Waals surface area (Å²) < 4.78 is 44.3. The summed E-state index contributed by atoms with van der Waals surface area (Å²) in [6, 6.07) is 13.0. The fourth-order valence-electron chi connectivity index (χ4n) is 2.05. The summed E-state index contributed by atoms with van der Waals surface area (Å²) in [5.41, 5.74) is 0.674. The lowest BCUT2D eigenvalue weighted by Gasteiger charge is -2.09. The van der Waals surface area contributed by atoms with Crippen LogP contribution in [0.25, 0.3) is 0 Å². The van der Waals surface area contributed by atoms with E-state index in [2.05, 4.69) is 4.74 Å². The third-order valence-corrected chi connectivity index (χ3v) is 3.26. The SMILES string of the molecule is CCOc1ccc(OCCC(=O)OCc2ccc(OC(F)F)cc2)cc1. The molecule has 2 aromatic rings. The van der Waals surface area contributed by atoms with Crippen LogP contribution in [0.2, 0.25) is 0 Å². The van der Waals surface area contributed by atoms with Crippen LogP contribution in [0.5, 0.6) is 17.2 Å². The van der Waals surface area contributed by atoms with Gasteiger partial charge < -0.3 is 18.9 Å². The second kappa shape index (κ2) is 10.2. The van der Waals surface area contributed by atoms with E-state index >= 15 is 0 Å². The molecule has 0 saturated heterocycles. The number of hydrogen-bond acceptors (Lipinski definition) is 5. The number of esters is 1. The number of carbonyl (C=O) groups is 1. The topological polar surface area (TPSA) is 54.0 Å². The molecule has 0 aliphatic rings. The van der Waals surface area contributed by atoms with Crippen molar-refractivity contribution in [1.82, 2.24) is 0 Å².